The third-order valence-corrected chi connectivity index (χ3v) is 4.58. The summed E-state index contributed by atoms with van der Waals surface area (Å²) in [7, 11) is -1.05. The number of hydrogen-bond acceptors (Lipinski definition) is 7. The highest BCUT2D eigenvalue weighted by Gasteiger charge is 2.40. The molecule has 9 nitrogen and oxygen atoms in total. The number of carbonyl (C=O) groups is 2. The largest absolute Gasteiger partial charge is 0.535 e. The summed E-state index contributed by atoms with van der Waals surface area (Å²) in [5, 5.41) is 28.4. The first kappa shape index (κ1) is 18.5. The Hall–Kier alpha value is -2.30. The second-order valence-corrected chi connectivity index (χ2v) is 6.87. The summed E-state index contributed by atoms with van der Waals surface area (Å²) in [5.41, 5.74) is 4.93. The molecule has 1 saturated heterocycles. The third-order valence-electron chi connectivity index (χ3n) is 4.58. The second kappa shape index (κ2) is 6.78. The fraction of sp³-hybridized carbons (Fsp3) is 0.500. The van der Waals surface area contributed by atoms with Crippen LogP contribution >= 0.6 is 0 Å². The van der Waals surface area contributed by atoms with Gasteiger partial charge in [0.15, 0.2) is 0 Å². The van der Waals surface area contributed by atoms with Gasteiger partial charge in [0.1, 0.15) is 28.7 Å². The molecule has 1 aromatic rings. The number of hydrogen-bond donors (Lipinski definition) is 4. The fourth-order valence-electron chi connectivity index (χ4n) is 3.00. The summed E-state index contributed by atoms with van der Waals surface area (Å²) in [6, 6.07) is 3.28. The molecule has 5 N–H and O–H groups in total. The van der Waals surface area contributed by atoms with Crippen LogP contribution in [0, 0.1) is 0 Å². The highest BCUT2D eigenvalue weighted by Crippen LogP contribution is 2.37. The lowest BCUT2D eigenvalue weighted by Crippen LogP contribution is -2.64. The molecule has 0 saturated carbocycles. The molecule has 3 rings (SSSR count). The van der Waals surface area contributed by atoms with Gasteiger partial charge in [-0.2, -0.15) is 0 Å². The molecule has 1 aromatic carbocycles. The summed E-state index contributed by atoms with van der Waals surface area (Å²) in [5.74, 6) is -1.36. The van der Waals surface area contributed by atoms with Gasteiger partial charge in [0.25, 0.3) is 0 Å². The molecule has 0 aliphatic carbocycles. The zero-order valence-corrected chi connectivity index (χ0v) is 14.3. The first-order valence-electron chi connectivity index (χ1n) is 8.32. The number of amides is 1. The molecule has 1 fully saturated rings. The van der Waals surface area contributed by atoms with E-state index in [9.17, 15) is 19.7 Å². The van der Waals surface area contributed by atoms with E-state index in [2.05, 4.69) is 0 Å². The van der Waals surface area contributed by atoms with Crippen molar-refractivity contribution < 1.29 is 34.2 Å². The Labute approximate surface area is 150 Å². The van der Waals surface area contributed by atoms with Crippen molar-refractivity contribution in [3.05, 3.63) is 23.3 Å². The molecule has 2 aliphatic heterocycles. The number of nitrogens with two attached hydrogens (primary N) is 1. The minimum Gasteiger partial charge on any atom is -0.535 e. The molecule has 0 spiro atoms. The van der Waals surface area contributed by atoms with Crippen LogP contribution in [0.25, 0.3) is 0 Å². The lowest BCUT2D eigenvalue weighted by Gasteiger charge is -2.42. The molecule has 2 heterocycles. The molecule has 10 heteroatoms. The van der Waals surface area contributed by atoms with Gasteiger partial charge in [-0.05, 0) is 31.3 Å². The van der Waals surface area contributed by atoms with Crippen LogP contribution in [0.4, 0.5) is 0 Å². The molecule has 0 aromatic heterocycles. The van der Waals surface area contributed by atoms with Crippen molar-refractivity contribution in [1.29, 1.82) is 0 Å². The van der Waals surface area contributed by atoms with Gasteiger partial charge in [-0.3, -0.25) is 4.79 Å². The topological polar surface area (TPSA) is 143 Å². The Balaban J connectivity index is 1.73. The van der Waals surface area contributed by atoms with Gasteiger partial charge < -0.3 is 35.3 Å². The van der Waals surface area contributed by atoms with Crippen LogP contribution in [0.2, 0.25) is 6.32 Å². The van der Waals surface area contributed by atoms with Crippen LogP contribution < -0.4 is 15.1 Å². The van der Waals surface area contributed by atoms with Gasteiger partial charge in [-0.25, -0.2) is 4.79 Å². The van der Waals surface area contributed by atoms with Gasteiger partial charge in [0, 0.05) is 0 Å². The number of benzene rings is 1. The van der Waals surface area contributed by atoms with E-state index in [1.807, 2.05) is 0 Å². The maximum absolute atomic E-state index is 12.1. The van der Waals surface area contributed by atoms with E-state index in [4.69, 9.17) is 20.2 Å². The molecule has 2 aliphatic rings. The highest BCUT2D eigenvalue weighted by molar-refractivity contribution is 6.44. The maximum atomic E-state index is 12.1. The number of likely N-dealkylation sites (tertiary alicyclic amines) is 1. The first-order chi connectivity index (χ1) is 12.2. The van der Waals surface area contributed by atoms with Crippen molar-refractivity contribution in [2.75, 3.05) is 19.7 Å². The van der Waals surface area contributed by atoms with Crippen molar-refractivity contribution in [2.45, 2.75) is 31.3 Å². The smallest absolute Gasteiger partial charge is 0.522 e. The van der Waals surface area contributed by atoms with Crippen molar-refractivity contribution in [2.24, 2.45) is 5.73 Å². The molecule has 140 valence electrons. The Morgan fingerprint density at radius 3 is 2.77 bits per heavy atom. The van der Waals surface area contributed by atoms with Crippen LogP contribution in [0.1, 0.15) is 22.8 Å². The van der Waals surface area contributed by atoms with Crippen LogP contribution in [-0.2, 0) is 11.2 Å². The number of aromatic carboxylic acids is 1. The monoisotopic (exact) mass is 364 g/mol. The number of ether oxygens (including phenoxy) is 1. The number of fused-ring (bicyclic) bond motifs is 1. The van der Waals surface area contributed by atoms with E-state index < -0.39 is 37.2 Å². The highest BCUT2D eigenvalue weighted by atomic mass is 16.5. The quantitative estimate of drug-likeness (QED) is 0.493. The number of aryl methyl sites for hydroxylation is 1. The fourth-order valence-corrected chi connectivity index (χ4v) is 3.00. The Bertz CT molecular complexity index is 734. The summed E-state index contributed by atoms with van der Waals surface area (Å²) < 4.78 is 11.0. The van der Waals surface area contributed by atoms with E-state index in [0.29, 0.717) is 18.3 Å². The molecule has 1 amide bonds. The minimum absolute atomic E-state index is 0.121. The summed E-state index contributed by atoms with van der Waals surface area (Å²) >= 11 is 0. The molecular weight excluding hydrogens is 343 g/mol. The van der Waals surface area contributed by atoms with E-state index in [1.165, 1.54) is 11.8 Å². The Kier molecular flexibility index (Phi) is 4.83. The molecule has 1 atom stereocenters. The lowest BCUT2D eigenvalue weighted by atomic mass is 9.78. The Morgan fingerprint density at radius 1 is 1.46 bits per heavy atom. The van der Waals surface area contributed by atoms with E-state index >= 15 is 0 Å². The summed E-state index contributed by atoms with van der Waals surface area (Å²) in [6.07, 6.45) is 0.520. The van der Waals surface area contributed by atoms with Crippen LogP contribution in [-0.4, -0.2) is 70.5 Å². The summed E-state index contributed by atoms with van der Waals surface area (Å²) in [4.78, 5) is 25.2. The molecule has 26 heavy (non-hydrogen) atoms. The molecule has 0 radical (unpaired) electrons. The van der Waals surface area contributed by atoms with Gasteiger partial charge in [0.05, 0.1) is 19.7 Å². The van der Waals surface area contributed by atoms with Crippen LogP contribution in [0.3, 0.4) is 0 Å². The van der Waals surface area contributed by atoms with E-state index in [-0.39, 0.29) is 30.2 Å². The van der Waals surface area contributed by atoms with Crippen molar-refractivity contribution in [1.82, 2.24) is 4.90 Å². The van der Waals surface area contributed by atoms with Gasteiger partial charge in [-0.15, -0.1) is 0 Å². The standard InChI is InChI=1S/C16H21BN2O7/c1-16(18,8-20)15(23)19-6-10(7-19)25-11-3-2-9-4-5-17(24)26-13(9)12(11)14(21)22/h2-3,10,20,24H,4-8,18H2,1H3,(H,21,22). The average molecular weight is 364 g/mol. The third kappa shape index (κ3) is 3.35. The maximum Gasteiger partial charge on any atom is 0.522 e. The van der Waals surface area contributed by atoms with Crippen LogP contribution in [0.5, 0.6) is 11.5 Å². The number of carboxylic acids is 1. The lowest BCUT2D eigenvalue weighted by molar-refractivity contribution is -0.146. The number of rotatable bonds is 5. The van der Waals surface area contributed by atoms with Crippen molar-refractivity contribution >= 4 is 19.0 Å². The number of aliphatic hydroxyl groups excluding tert-OH is 1. The van der Waals surface area contributed by atoms with Gasteiger partial charge in [-0.1, -0.05) is 6.07 Å². The average Bonchev–Trinajstić information content (AvgIpc) is 2.56. The zero-order chi connectivity index (χ0) is 19.1. The zero-order valence-electron chi connectivity index (χ0n) is 14.3. The molecule has 0 bridgehead atoms. The summed E-state index contributed by atoms with van der Waals surface area (Å²) in [6.45, 7) is 1.45. The Morgan fingerprint density at radius 2 is 2.15 bits per heavy atom. The number of nitrogens with zero attached hydrogens (tertiary/aromatic N) is 1. The number of carboxylic acid groups (broad SMARTS) is 1. The SMILES string of the molecule is CC(N)(CO)C(=O)N1CC(Oc2ccc3c(c2C(=O)O)OB(O)CC3)C1. The molecular formula is C16H21BN2O7. The number of carbonyl (C=O) groups excluding carboxylic acids is 1. The normalized spacial score (nSPS) is 19.1. The minimum atomic E-state index is -1.35. The predicted octanol–water partition coefficient (Wildman–Crippen LogP) is -0.900. The van der Waals surface area contributed by atoms with E-state index in [1.54, 1.807) is 12.1 Å². The van der Waals surface area contributed by atoms with Gasteiger partial charge in [0.2, 0.25) is 5.91 Å². The van der Waals surface area contributed by atoms with Gasteiger partial charge >= 0.3 is 13.1 Å². The van der Waals surface area contributed by atoms with Crippen molar-refractivity contribution in [3.8, 4) is 11.5 Å². The second-order valence-electron chi connectivity index (χ2n) is 6.87. The first-order valence-corrected chi connectivity index (χ1v) is 8.32. The predicted molar refractivity (Wildman–Crippen MR) is 91.2 cm³/mol. The molecule has 1 unspecified atom stereocenters. The van der Waals surface area contributed by atoms with Crippen molar-refractivity contribution in [3.63, 3.8) is 0 Å². The number of aliphatic hydroxyl groups is 1. The van der Waals surface area contributed by atoms with Crippen LogP contribution in [0.15, 0.2) is 12.1 Å². The van der Waals surface area contributed by atoms with E-state index in [0.717, 1.165) is 0 Å².